The van der Waals surface area contributed by atoms with Crippen molar-refractivity contribution in [2.24, 2.45) is 5.92 Å². The quantitative estimate of drug-likeness (QED) is 0.553. The summed E-state index contributed by atoms with van der Waals surface area (Å²) in [5.41, 5.74) is 1.51. The molecular formula is C13H23BO. The molecule has 2 rings (SSSR count). The Morgan fingerprint density at radius 2 is 2.07 bits per heavy atom. The summed E-state index contributed by atoms with van der Waals surface area (Å²) < 4.78 is 6.03. The highest BCUT2D eigenvalue weighted by molar-refractivity contribution is 6.14. The lowest BCUT2D eigenvalue weighted by Gasteiger charge is -2.33. The first kappa shape index (κ1) is 11.1. The fourth-order valence-electron chi connectivity index (χ4n) is 3.14. The zero-order valence-electron chi connectivity index (χ0n) is 10.6. The Labute approximate surface area is 94.7 Å². The van der Waals surface area contributed by atoms with E-state index in [-0.39, 0.29) is 0 Å². The molecule has 3 unspecified atom stereocenters. The fraction of sp³-hybridized carbons (Fsp3) is 0.846. The summed E-state index contributed by atoms with van der Waals surface area (Å²) >= 11 is 0. The van der Waals surface area contributed by atoms with Crippen LogP contribution in [-0.2, 0) is 4.74 Å². The second kappa shape index (κ2) is 3.88. The predicted molar refractivity (Wildman–Crippen MR) is 66.7 cm³/mol. The number of hydrogen-bond donors (Lipinski definition) is 0. The third kappa shape index (κ3) is 2.24. The van der Waals surface area contributed by atoms with E-state index in [1.165, 1.54) is 43.4 Å². The normalized spacial score (nSPS) is 41.8. The van der Waals surface area contributed by atoms with Gasteiger partial charge in [-0.25, -0.2) is 0 Å². The molecule has 0 bridgehead atoms. The van der Waals surface area contributed by atoms with E-state index in [1.54, 1.807) is 0 Å². The Bertz CT molecular complexity index is 280. The molecule has 2 heteroatoms. The van der Waals surface area contributed by atoms with Gasteiger partial charge in [-0.2, -0.15) is 0 Å². The van der Waals surface area contributed by atoms with Crippen molar-refractivity contribution in [2.75, 3.05) is 0 Å². The van der Waals surface area contributed by atoms with Crippen LogP contribution in [0.4, 0.5) is 0 Å². The maximum Gasteiger partial charge on any atom is 0.109 e. The van der Waals surface area contributed by atoms with Gasteiger partial charge in [-0.1, -0.05) is 31.5 Å². The molecule has 3 atom stereocenters. The average molecular weight is 206 g/mol. The molecule has 0 saturated heterocycles. The second-order valence-corrected chi connectivity index (χ2v) is 6.12. The summed E-state index contributed by atoms with van der Waals surface area (Å²) in [4.78, 5) is 0. The van der Waals surface area contributed by atoms with Crippen LogP contribution in [0, 0.1) is 5.92 Å². The maximum atomic E-state index is 6.03. The highest BCUT2D eigenvalue weighted by Gasteiger charge is 2.37. The van der Waals surface area contributed by atoms with E-state index in [0.29, 0.717) is 17.3 Å². The summed E-state index contributed by atoms with van der Waals surface area (Å²) in [6.45, 7) is 6.78. The molecule has 0 aromatic rings. The van der Waals surface area contributed by atoms with Crippen molar-refractivity contribution in [1.82, 2.24) is 0 Å². The van der Waals surface area contributed by atoms with E-state index >= 15 is 0 Å². The van der Waals surface area contributed by atoms with Crippen LogP contribution in [0.5, 0.6) is 0 Å². The number of ether oxygens (including phenoxy) is 1. The van der Waals surface area contributed by atoms with Crippen LogP contribution in [0.2, 0.25) is 5.31 Å². The van der Waals surface area contributed by atoms with Gasteiger partial charge < -0.3 is 4.74 Å². The van der Waals surface area contributed by atoms with E-state index in [2.05, 4.69) is 28.6 Å². The Morgan fingerprint density at radius 3 is 2.80 bits per heavy atom. The van der Waals surface area contributed by atoms with Gasteiger partial charge in [0, 0.05) is 5.92 Å². The second-order valence-electron chi connectivity index (χ2n) is 6.12. The first-order valence-electron chi connectivity index (χ1n) is 6.34. The van der Waals surface area contributed by atoms with Gasteiger partial charge >= 0.3 is 0 Å². The molecule has 15 heavy (non-hydrogen) atoms. The summed E-state index contributed by atoms with van der Waals surface area (Å²) in [5.74, 6) is 1.91. The van der Waals surface area contributed by atoms with Gasteiger partial charge in [-0.15, -0.1) is 0 Å². The van der Waals surface area contributed by atoms with E-state index in [9.17, 15) is 0 Å². The number of rotatable bonds is 0. The van der Waals surface area contributed by atoms with Crippen molar-refractivity contribution < 1.29 is 4.74 Å². The standard InChI is InChI=1S/C13H23BO/c1-9-10(2)15-12-8-13(3,14)7-5-4-6-11(9)12/h11-12H,4-8,14H2,1-3H3. The molecule has 1 aliphatic heterocycles. The lowest BCUT2D eigenvalue weighted by molar-refractivity contribution is 0.0824. The van der Waals surface area contributed by atoms with Crippen molar-refractivity contribution >= 4 is 7.85 Å². The van der Waals surface area contributed by atoms with Crippen LogP contribution in [0.3, 0.4) is 0 Å². The minimum absolute atomic E-state index is 0.467. The summed E-state index contributed by atoms with van der Waals surface area (Å²) in [7, 11) is 2.39. The molecule has 1 fully saturated rings. The molecular weight excluding hydrogens is 183 g/mol. The van der Waals surface area contributed by atoms with Crippen molar-refractivity contribution in [3.05, 3.63) is 11.3 Å². The monoisotopic (exact) mass is 206 g/mol. The molecule has 84 valence electrons. The Hall–Kier alpha value is -0.395. The molecule has 0 amide bonds. The molecule has 0 N–H and O–H groups in total. The molecule has 1 saturated carbocycles. The van der Waals surface area contributed by atoms with Crippen molar-refractivity contribution in [3.63, 3.8) is 0 Å². The molecule has 0 radical (unpaired) electrons. The van der Waals surface area contributed by atoms with E-state index in [0.717, 1.165) is 0 Å². The van der Waals surface area contributed by atoms with Gasteiger partial charge in [0.25, 0.3) is 0 Å². The SMILES string of the molecule is BC1(C)CCCCC2C(C)=C(C)OC2C1. The van der Waals surface area contributed by atoms with Crippen molar-refractivity contribution in [3.8, 4) is 0 Å². The number of hydrogen-bond acceptors (Lipinski definition) is 1. The zero-order valence-corrected chi connectivity index (χ0v) is 10.6. The van der Waals surface area contributed by atoms with Gasteiger partial charge in [0.1, 0.15) is 14.0 Å². The molecule has 2 aliphatic rings. The largest absolute Gasteiger partial charge is 0.495 e. The van der Waals surface area contributed by atoms with E-state index in [1.807, 2.05) is 0 Å². The predicted octanol–water partition coefficient (Wildman–Crippen LogP) is 3.07. The smallest absolute Gasteiger partial charge is 0.109 e. The molecule has 1 heterocycles. The minimum atomic E-state index is 0.467. The summed E-state index contributed by atoms with van der Waals surface area (Å²) in [6, 6.07) is 0. The molecule has 0 aromatic carbocycles. The van der Waals surface area contributed by atoms with Crippen LogP contribution < -0.4 is 0 Å². The highest BCUT2D eigenvalue weighted by atomic mass is 16.5. The van der Waals surface area contributed by atoms with Crippen LogP contribution in [-0.4, -0.2) is 14.0 Å². The van der Waals surface area contributed by atoms with E-state index < -0.39 is 0 Å². The van der Waals surface area contributed by atoms with E-state index in [4.69, 9.17) is 4.74 Å². The Balaban J connectivity index is 2.14. The van der Waals surface area contributed by atoms with Crippen molar-refractivity contribution in [1.29, 1.82) is 0 Å². The van der Waals surface area contributed by atoms with Gasteiger partial charge in [-0.3, -0.25) is 0 Å². The van der Waals surface area contributed by atoms with Gasteiger partial charge in [0.05, 0.1) is 5.76 Å². The zero-order chi connectivity index (χ0) is 11.1. The summed E-state index contributed by atoms with van der Waals surface area (Å²) in [6.07, 6.45) is 7.16. The van der Waals surface area contributed by atoms with Crippen LogP contribution >= 0.6 is 0 Å². The first-order chi connectivity index (χ1) is 6.99. The van der Waals surface area contributed by atoms with Crippen molar-refractivity contribution in [2.45, 2.75) is 64.3 Å². The maximum absolute atomic E-state index is 6.03. The van der Waals surface area contributed by atoms with Crippen LogP contribution in [0.25, 0.3) is 0 Å². The van der Waals surface area contributed by atoms with Crippen LogP contribution in [0.1, 0.15) is 52.9 Å². The topological polar surface area (TPSA) is 9.23 Å². The number of fused-ring (bicyclic) bond motifs is 1. The molecule has 0 spiro atoms. The van der Waals surface area contributed by atoms with Gasteiger partial charge in [0.2, 0.25) is 0 Å². The lowest BCUT2D eigenvalue weighted by atomic mass is 9.61. The molecule has 1 nitrogen and oxygen atoms in total. The Kier molecular flexibility index (Phi) is 2.87. The summed E-state index contributed by atoms with van der Waals surface area (Å²) in [5, 5.41) is 0.467. The van der Waals surface area contributed by atoms with Gasteiger partial charge in [0.15, 0.2) is 0 Å². The molecule has 0 aromatic heterocycles. The Morgan fingerprint density at radius 1 is 1.33 bits per heavy atom. The third-order valence-corrected chi connectivity index (χ3v) is 4.26. The molecule has 1 aliphatic carbocycles. The minimum Gasteiger partial charge on any atom is -0.495 e. The first-order valence-corrected chi connectivity index (χ1v) is 6.34. The number of allylic oxidation sites excluding steroid dienone is 1. The average Bonchev–Trinajstić information content (AvgIpc) is 2.35. The van der Waals surface area contributed by atoms with Crippen LogP contribution in [0.15, 0.2) is 11.3 Å². The lowest BCUT2D eigenvalue weighted by Crippen LogP contribution is -2.26. The highest BCUT2D eigenvalue weighted by Crippen LogP contribution is 2.45. The van der Waals surface area contributed by atoms with Gasteiger partial charge in [-0.05, 0) is 32.3 Å². The fourth-order valence-corrected chi connectivity index (χ4v) is 3.14. The third-order valence-electron chi connectivity index (χ3n) is 4.26.